The Hall–Kier alpha value is -2.11. The molecule has 0 radical (unpaired) electrons. The van der Waals surface area contributed by atoms with Crippen molar-refractivity contribution >= 4 is 17.4 Å². The van der Waals surface area contributed by atoms with Gasteiger partial charge in [-0.1, -0.05) is 13.8 Å². The molecule has 2 aromatic rings. The van der Waals surface area contributed by atoms with Crippen LogP contribution in [0.4, 0.5) is 5.82 Å². The SMILES string of the molecule is Cc1cc(N(C)[C@H]2CCC(NC(=O)C(C)C)C2)n2nccc2n1. The molecule has 3 rings (SSSR count). The summed E-state index contributed by atoms with van der Waals surface area (Å²) in [5.74, 6) is 1.24. The van der Waals surface area contributed by atoms with E-state index in [1.165, 1.54) is 0 Å². The van der Waals surface area contributed by atoms with Crippen LogP contribution in [0.5, 0.6) is 0 Å². The summed E-state index contributed by atoms with van der Waals surface area (Å²) in [4.78, 5) is 18.7. The molecule has 6 heteroatoms. The predicted molar refractivity (Wildman–Crippen MR) is 90.5 cm³/mol. The van der Waals surface area contributed by atoms with Crippen molar-refractivity contribution in [3.8, 4) is 0 Å². The van der Waals surface area contributed by atoms with Crippen molar-refractivity contribution < 1.29 is 4.79 Å². The molecule has 6 nitrogen and oxygen atoms in total. The van der Waals surface area contributed by atoms with Crippen molar-refractivity contribution in [1.29, 1.82) is 0 Å². The van der Waals surface area contributed by atoms with E-state index in [0.717, 1.165) is 36.4 Å². The average Bonchev–Trinajstić information content (AvgIpc) is 3.14. The number of carbonyl (C=O) groups excluding carboxylic acids is 1. The van der Waals surface area contributed by atoms with E-state index in [1.54, 1.807) is 6.20 Å². The topological polar surface area (TPSA) is 62.5 Å². The van der Waals surface area contributed by atoms with Crippen molar-refractivity contribution in [2.75, 3.05) is 11.9 Å². The molecule has 2 heterocycles. The molecule has 1 fully saturated rings. The molecule has 1 aliphatic carbocycles. The maximum Gasteiger partial charge on any atom is 0.222 e. The highest BCUT2D eigenvalue weighted by Crippen LogP contribution is 2.28. The van der Waals surface area contributed by atoms with Crippen molar-refractivity contribution in [2.24, 2.45) is 5.92 Å². The molecule has 1 saturated carbocycles. The molecule has 1 aliphatic rings. The highest BCUT2D eigenvalue weighted by molar-refractivity contribution is 5.78. The van der Waals surface area contributed by atoms with E-state index < -0.39 is 0 Å². The first kappa shape index (κ1) is 15.8. The van der Waals surface area contributed by atoms with E-state index in [-0.39, 0.29) is 17.9 Å². The lowest BCUT2D eigenvalue weighted by Crippen LogP contribution is -2.38. The Morgan fingerprint density at radius 3 is 2.96 bits per heavy atom. The van der Waals surface area contributed by atoms with Gasteiger partial charge in [0, 0.05) is 42.9 Å². The van der Waals surface area contributed by atoms with Crippen molar-refractivity contribution in [3.63, 3.8) is 0 Å². The minimum Gasteiger partial charge on any atom is -0.356 e. The number of carbonyl (C=O) groups is 1. The number of nitrogens with zero attached hydrogens (tertiary/aromatic N) is 4. The number of amides is 1. The lowest BCUT2D eigenvalue weighted by molar-refractivity contribution is -0.124. The van der Waals surface area contributed by atoms with Crippen molar-refractivity contribution in [2.45, 2.75) is 52.1 Å². The number of aromatic nitrogens is 3. The summed E-state index contributed by atoms with van der Waals surface area (Å²) in [6.07, 6.45) is 4.85. The molecule has 2 aromatic heterocycles. The third-order valence-electron chi connectivity index (χ3n) is 4.65. The minimum absolute atomic E-state index is 0.0401. The third-order valence-corrected chi connectivity index (χ3v) is 4.65. The first-order chi connectivity index (χ1) is 11.0. The smallest absolute Gasteiger partial charge is 0.222 e. The molecule has 0 spiro atoms. The molecule has 1 N–H and O–H groups in total. The number of hydrogen-bond donors (Lipinski definition) is 1. The van der Waals surface area contributed by atoms with Gasteiger partial charge in [0.15, 0.2) is 5.65 Å². The van der Waals surface area contributed by atoms with Crippen LogP contribution < -0.4 is 10.2 Å². The largest absolute Gasteiger partial charge is 0.356 e. The lowest BCUT2D eigenvalue weighted by atomic mass is 10.1. The quantitative estimate of drug-likeness (QED) is 0.939. The summed E-state index contributed by atoms with van der Waals surface area (Å²) in [5.41, 5.74) is 1.86. The second kappa shape index (κ2) is 6.18. The van der Waals surface area contributed by atoms with Gasteiger partial charge in [-0.15, -0.1) is 0 Å². The van der Waals surface area contributed by atoms with E-state index in [2.05, 4.69) is 33.4 Å². The van der Waals surface area contributed by atoms with E-state index >= 15 is 0 Å². The Morgan fingerprint density at radius 1 is 1.43 bits per heavy atom. The fourth-order valence-corrected chi connectivity index (χ4v) is 3.27. The number of aryl methyl sites for hydroxylation is 1. The number of fused-ring (bicyclic) bond motifs is 1. The second-order valence-corrected chi connectivity index (χ2v) is 6.79. The van der Waals surface area contributed by atoms with Crippen LogP contribution in [-0.2, 0) is 4.79 Å². The van der Waals surface area contributed by atoms with Crippen LogP contribution in [-0.4, -0.2) is 39.6 Å². The number of nitrogens with one attached hydrogen (secondary N) is 1. The van der Waals surface area contributed by atoms with Crippen LogP contribution in [0.1, 0.15) is 38.8 Å². The maximum absolute atomic E-state index is 11.9. The van der Waals surface area contributed by atoms with Gasteiger partial charge >= 0.3 is 0 Å². The molecule has 1 amide bonds. The Kier molecular flexibility index (Phi) is 4.24. The zero-order valence-corrected chi connectivity index (χ0v) is 14.3. The molecule has 124 valence electrons. The highest BCUT2D eigenvalue weighted by Gasteiger charge is 2.30. The van der Waals surface area contributed by atoms with Gasteiger partial charge in [0.25, 0.3) is 0 Å². The number of anilines is 1. The van der Waals surface area contributed by atoms with Crippen LogP contribution in [0.3, 0.4) is 0 Å². The van der Waals surface area contributed by atoms with Gasteiger partial charge in [-0.05, 0) is 26.2 Å². The summed E-state index contributed by atoms with van der Waals surface area (Å²) in [6.45, 7) is 5.87. The molecule has 0 aromatic carbocycles. The van der Waals surface area contributed by atoms with Gasteiger partial charge in [-0.25, -0.2) is 4.98 Å². The van der Waals surface area contributed by atoms with Gasteiger partial charge < -0.3 is 10.2 Å². The Bertz CT molecular complexity index is 708. The van der Waals surface area contributed by atoms with E-state index in [0.29, 0.717) is 6.04 Å². The summed E-state index contributed by atoms with van der Waals surface area (Å²) >= 11 is 0. The summed E-state index contributed by atoms with van der Waals surface area (Å²) < 4.78 is 1.88. The van der Waals surface area contributed by atoms with Gasteiger partial charge in [0.1, 0.15) is 5.82 Å². The average molecular weight is 315 g/mol. The zero-order chi connectivity index (χ0) is 16.6. The van der Waals surface area contributed by atoms with Crippen LogP contribution in [0.15, 0.2) is 18.3 Å². The summed E-state index contributed by atoms with van der Waals surface area (Å²) in [6, 6.07) is 4.67. The lowest BCUT2D eigenvalue weighted by Gasteiger charge is -2.27. The number of rotatable bonds is 4. The Labute approximate surface area is 136 Å². The monoisotopic (exact) mass is 315 g/mol. The molecule has 0 saturated heterocycles. The van der Waals surface area contributed by atoms with Gasteiger partial charge in [-0.2, -0.15) is 9.61 Å². The van der Waals surface area contributed by atoms with Crippen LogP contribution >= 0.6 is 0 Å². The van der Waals surface area contributed by atoms with Crippen molar-refractivity contribution in [3.05, 3.63) is 24.0 Å². The second-order valence-electron chi connectivity index (χ2n) is 6.79. The van der Waals surface area contributed by atoms with Gasteiger partial charge in [-0.3, -0.25) is 4.79 Å². The molecule has 1 unspecified atom stereocenters. The van der Waals surface area contributed by atoms with Crippen LogP contribution in [0.25, 0.3) is 5.65 Å². The highest BCUT2D eigenvalue weighted by atomic mass is 16.1. The summed E-state index contributed by atoms with van der Waals surface area (Å²) in [7, 11) is 2.10. The molecule has 0 bridgehead atoms. The van der Waals surface area contributed by atoms with Crippen LogP contribution in [0, 0.1) is 12.8 Å². The summed E-state index contributed by atoms with van der Waals surface area (Å²) in [5, 5.41) is 7.54. The Morgan fingerprint density at radius 2 is 2.22 bits per heavy atom. The molecular formula is C17H25N5O. The van der Waals surface area contributed by atoms with E-state index in [4.69, 9.17) is 0 Å². The van der Waals surface area contributed by atoms with Gasteiger partial charge in [0.05, 0.1) is 6.20 Å². The van der Waals surface area contributed by atoms with Gasteiger partial charge in [0.2, 0.25) is 5.91 Å². The third kappa shape index (κ3) is 3.16. The zero-order valence-electron chi connectivity index (χ0n) is 14.3. The van der Waals surface area contributed by atoms with Crippen LogP contribution in [0.2, 0.25) is 0 Å². The fourth-order valence-electron chi connectivity index (χ4n) is 3.27. The molecule has 2 atom stereocenters. The maximum atomic E-state index is 11.9. The molecule has 0 aliphatic heterocycles. The fraction of sp³-hybridized carbons (Fsp3) is 0.588. The normalized spacial score (nSPS) is 21.1. The van der Waals surface area contributed by atoms with E-state index in [1.807, 2.05) is 31.4 Å². The first-order valence-corrected chi connectivity index (χ1v) is 8.30. The van der Waals surface area contributed by atoms with Crippen molar-refractivity contribution in [1.82, 2.24) is 19.9 Å². The standard InChI is InChI=1S/C17H25N5O/c1-11(2)17(23)20-13-5-6-14(10-13)21(4)16-9-12(3)19-15-7-8-18-22(15)16/h7-9,11,13-14H,5-6,10H2,1-4H3,(H,20,23)/t13?,14-/m0/s1. The first-order valence-electron chi connectivity index (χ1n) is 8.30. The predicted octanol–water partition coefficient (Wildman–Crippen LogP) is 2.17. The van der Waals surface area contributed by atoms with E-state index in [9.17, 15) is 4.79 Å². The number of hydrogen-bond acceptors (Lipinski definition) is 4. The molecule has 23 heavy (non-hydrogen) atoms. The minimum atomic E-state index is 0.0401. The Balaban J connectivity index is 1.74. The molecular weight excluding hydrogens is 290 g/mol.